The van der Waals surface area contributed by atoms with E-state index in [4.69, 9.17) is 0 Å². The Bertz CT molecular complexity index is 1600. The number of fused-ring (bicyclic) bond motifs is 2. The topological polar surface area (TPSA) is 64.5 Å². The smallest absolute Gasteiger partial charge is 0.129 e. The number of nitrogens with one attached hydrogen (secondary N) is 2. The molecule has 4 nitrogen and oxygen atoms in total. The molecule has 38 heavy (non-hydrogen) atoms. The predicted octanol–water partition coefficient (Wildman–Crippen LogP) is 8.30. The van der Waals surface area contributed by atoms with Gasteiger partial charge in [0.1, 0.15) is 11.5 Å². The van der Waals surface area contributed by atoms with E-state index in [1.165, 1.54) is 0 Å². The van der Waals surface area contributed by atoms with Gasteiger partial charge in [-0.1, -0.05) is 84.9 Å². The Morgan fingerprint density at radius 2 is 0.816 bits per heavy atom. The molecule has 6 aromatic carbocycles. The third kappa shape index (κ3) is 4.48. The Kier molecular flexibility index (Phi) is 6.29. The highest BCUT2D eigenvalue weighted by molar-refractivity contribution is 6.10. The second-order valence-electron chi connectivity index (χ2n) is 9.40. The third-order valence-electron chi connectivity index (χ3n) is 6.97. The maximum atomic E-state index is 11.7. The van der Waals surface area contributed by atoms with Crippen molar-refractivity contribution in [2.75, 3.05) is 10.6 Å². The summed E-state index contributed by atoms with van der Waals surface area (Å²) in [5.41, 5.74) is 4.76. The fourth-order valence-electron chi connectivity index (χ4n) is 5.07. The van der Waals surface area contributed by atoms with Crippen molar-refractivity contribution in [3.05, 3.63) is 132 Å². The van der Waals surface area contributed by atoms with Crippen LogP contribution in [-0.4, -0.2) is 10.2 Å². The minimum absolute atomic E-state index is 0.167. The van der Waals surface area contributed by atoms with Crippen molar-refractivity contribution in [2.45, 2.75) is 13.1 Å². The Hall–Kier alpha value is -4.96. The second-order valence-corrected chi connectivity index (χ2v) is 9.40. The van der Waals surface area contributed by atoms with E-state index in [-0.39, 0.29) is 11.5 Å². The highest BCUT2D eigenvalue weighted by Crippen LogP contribution is 2.47. The van der Waals surface area contributed by atoms with Crippen LogP contribution in [-0.2, 0) is 13.1 Å². The van der Waals surface area contributed by atoms with Gasteiger partial charge in [-0.05, 0) is 57.9 Å². The molecule has 6 rings (SSSR count). The van der Waals surface area contributed by atoms with Crippen molar-refractivity contribution in [1.82, 2.24) is 0 Å². The monoisotopic (exact) mass is 496 g/mol. The summed E-state index contributed by atoms with van der Waals surface area (Å²) in [7, 11) is 0. The van der Waals surface area contributed by atoms with Gasteiger partial charge in [0, 0.05) is 46.7 Å². The molecule has 0 saturated heterocycles. The van der Waals surface area contributed by atoms with Gasteiger partial charge in [0.2, 0.25) is 0 Å². The number of hydrogen-bond donors (Lipinski definition) is 4. The van der Waals surface area contributed by atoms with Gasteiger partial charge in [0.25, 0.3) is 0 Å². The first kappa shape index (κ1) is 23.4. The van der Waals surface area contributed by atoms with Gasteiger partial charge in [-0.3, -0.25) is 0 Å². The molecule has 0 saturated carbocycles. The van der Waals surface area contributed by atoms with E-state index in [0.29, 0.717) is 24.2 Å². The Morgan fingerprint density at radius 3 is 1.24 bits per heavy atom. The molecule has 0 amide bonds. The molecule has 0 spiro atoms. The molecule has 0 unspecified atom stereocenters. The molecular formula is C34H28N2O2. The summed E-state index contributed by atoms with van der Waals surface area (Å²) in [5, 5.41) is 34.1. The molecule has 0 bridgehead atoms. The van der Waals surface area contributed by atoms with E-state index in [0.717, 1.165) is 44.0 Å². The van der Waals surface area contributed by atoms with Gasteiger partial charge >= 0.3 is 0 Å². The van der Waals surface area contributed by atoms with Gasteiger partial charge in [-0.25, -0.2) is 0 Å². The number of anilines is 2. The van der Waals surface area contributed by atoms with E-state index in [1.807, 2.05) is 121 Å². The molecule has 186 valence electrons. The maximum Gasteiger partial charge on any atom is 0.129 e. The van der Waals surface area contributed by atoms with E-state index in [9.17, 15) is 10.2 Å². The van der Waals surface area contributed by atoms with Crippen LogP contribution in [0.15, 0.2) is 121 Å². The summed E-state index contributed by atoms with van der Waals surface area (Å²) in [6.07, 6.45) is 0. The largest absolute Gasteiger partial charge is 0.507 e. The number of hydrogen-bond acceptors (Lipinski definition) is 4. The number of phenols is 2. The zero-order chi connectivity index (χ0) is 25.9. The summed E-state index contributed by atoms with van der Waals surface area (Å²) < 4.78 is 0. The van der Waals surface area contributed by atoms with Crippen molar-refractivity contribution >= 4 is 32.9 Å². The zero-order valence-corrected chi connectivity index (χ0v) is 20.9. The number of rotatable bonds is 7. The molecule has 0 aliphatic rings. The fourth-order valence-corrected chi connectivity index (χ4v) is 5.07. The molecule has 4 heteroatoms. The van der Waals surface area contributed by atoms with E-state index >= 15 is 0 Å². The van der Waals surface area contributed by atoms with Crippen molar-refractivity contribution in [1.29, 1.82) is 0 Å². The van der Waals surface area contributed by atoms with Crippen LogP contribution in [0, 0.1) is 0 Å². The summed E-state index contributed by atoms with van der Waals surface area (Å²) >= 11 is 0. The minimum Gasteiger partial charge on any atom is -0.507 e. The first-order valence-electron chi connectivity index (χ1n) is 12.7. The lowest BCUT2D eigenvalue weighted by Crippen LogP contribution is -2.02. The molecule has 6 aromatic rings. The van der Waals surface area contributed by atoms with Crippen molar-refractivity contribution < 1.29 is 10.2 Å². The number of benzene rings is 6. The lowest BCUT2D eigenvalue weighted by Gasteiger charge is -2.20. The van der Waals surface area contributed by atoms with Crippen LogP contribution >= 0.6 is 0 Å². The number of phenolic OH excluding ortho intramolecular Hbond substituents is 2. The minimum atomic E-state index is 0.167. The summed E-state index contributed by atoms with van der Waals surface area (Å²) in [6, 6.07) is 39.9. The maximum absolute atomic E-state index is 11.7. The van der Waals surface area contributed by atoms with Gasteiger partial charge in [0.05, 0.1) is 0 Å². The quantitative estimate of drug-likeness (QED) is 0.179. The number of para-hydroxylation sites is 2. The van der Waals surface area contributed by atoms with Crippen LogP contribution in [0.1, 0.15) is 11.1 Å². The highest BCUT2D eigenvalue weighted by Gasteiger charge is 2.22. The number of aromatic hydroxyl groups is 2. The molecule has 0 heterocycles. The Morgan fingerprint density at radius 1 is 0.447 bits per heavy atom. The molecule has 0 fully saturated rings. The standard InChI is InChI=1S/C34H28N2O2/c37-33-25(21-35-27-13-3-1-4-14-27)19-23-11-7-9-17-29(23)31(33)32-30-18-10-8-12-24(30)20-26(34(32)38)22-36-28-15-5-2-6-16-28/h1-20,35-38H,21-22H2. The lowest BCUT2D eigenvalue weighted by molar-refractivity contribution is 0.464. The van der Waals surface area contributed by atoms with Gasteiger partial charge in [-0.15, -0.1) is 0 Å². The molecule has 0 atom stereocenters. The Balaban J connectivity index is 1.52. The Labute approximate surface area is 221 Å². The normalized spacial score (nSPS) is 11.1. The first-order chi connectivity index (χ1) is 18.7. The van der Waals surface area contributed by atoms with E-state index in [1.54, 1.807) is 0 Å². The van der Waals surface area contributed by atoms with Crippen LogP contribution in [0.5, 0.6) is 11.5 Å². The van der Waals surface area contributed by atoms with Crippen LogP contribution < -0.4 is 10.6 Å². The van der Waals surface area contributed by atoms with Crippen molar-refractivity contribution in [3.63, 3.8) is 0 Å². The van der Waals surface area contributed by atoms with E-state index < -0.39 is 0 Å². The van der Waals surface area contributed by atoms with Crippen LogP contribution in [0.3, 0.4) is 0 Å². The van der Waals surface area contributed by atoms with Crippen molar-refractivity contribution in [2.24, 2.45) is 0 Å². The molecule has 0 aliphatic heterocycles. The van der Waals surface area contributed by atoms with Gasteiger partial charge < -0.3 is 20.8 Å². The molecule has 0 aromatic heterocycles. The molecular weight excluding hydrogens is 468 g/mol. The highest BCUT2D eigenvalue weighted by atomic mass is 16.3. The third-order valence-corrected chi connectivity index (χ3v) is 6.97. The average Bonchev–Trinajstić information content (AvgIpc) is 2.97. The van der Waals surface area contributed by atoms with E-state index in [2.05, 4.69) is 10.6 Å². The first-order valence-corrected chi connectivity index (χ1v) is 12.7. The van der Waals surface area contributed by atoms with Gasteiger partial charge in [0.15, 0.2) is 0 Å². The second kappa shape index (κ2) is 10.2. The predicted molar refractivity (Wildman–Crippen MR) is 158 cm³/mol. The van der Waals surface area contributed by atoms with Crippen LogP contribution in [0.4, 0.5) is 11.4 Å². The fraction of sp³-hybridized carbons (Fsp3) is 0.0588. The molecule has 0 radical (unpaired) electrons. The SMILES string of the molecule is Oc1c(CNc2ccccc2)cc2ccccc2c1-c1c(O)c(CNc2ccccc2)cc2ccccc12. The zero-order valence-electron chi connectivity index (χ0n) is 20.9. The summed E-state index contributed by atoms with van der Waals surface area (Å²) in [5.74, 6) is 0.335. The molecule has 4 N–H and O–H groups in total. The van der Waals surface area contributed by atoms with Crippen molar-refractivity contribution in [3.8, 4) is 22.6 Å². The molecule has 0 aliphatic carbocycles. The summed E-state index contributed by atoms with van der Waals surface area (Å²) in [6.45, 7) is 0.892. The summed E-state index contributed by atoms with van der Waals surface area (Å²) in [4.78, 5) is 0. The lowest BCUT2D eigenvalue weighted by atomic mass is 9.88. The van der Waals surface area contributed by atoms with Gasteiger partial charge in [-0.2, -0.15) is 0 Å². The van der Waals surface area contributed by atoms with Crippen LogP contribution in [0.2, 0.25) is 0 Å². The van der Waals surface area contributed by atoms with Crippen LogP contribution in [0.25, 0.3) is 32.7 Å². The average molecular weight is 497 g/mol.